The van der Waals surface area contributed by atoms with Gasteiger partial charge in [-0.05, 0) is 31.0 Å². The molecule has 0 atom stereocenters. The summed E-state index contributed by atoms with van der Waals surface area (Å²) in [5, 5.41) is 4.44. The molecular weight excluding hydrogens is 242 g/mol. The van der Waals surface area contributed by atoms with Gasteiger partial charge in [-0.3, -0.25) is 0 Å². The monoisotopic (exact) mass is 267 g/mol. The largest absolute Gasteiger partial charge is 0.316 e. The Morgan fingerprint density at radius 1 is 1.06 bits per heavy atom. The standard InChI is InChI=1S/C16H26ClN/c1-4-11-16(12-5-2,13-18-6-3)14-9-7-8-10-15(14)17/h7-10,18H,4-6,11-13H2,1-3H3. The number of hydrogen-bond acceptors (Lipinski definition) is 1. The third kappa shape index (κ3) is 3.73. The van der Waals surface area contributed by atoms with Crippen LogP contribution in [0.25, 0.3) is 0 Å². The molecule has 1 aromatic carbocycles. The van der Waals surface area contributed by atoms with Gasteiger partial charge in [0.15, 0.2) is 0 Å². The number of rotatable bonds is 8. The van der Waals surface area contributed by atoms with Crippen LogP contribution in [0.2, 0.25) is 5.02 Å². The molecule has 1 rings (SSSR count). The molecule has 0 amide bonds. The Bertz CT molecular complexity index is 343. The molecule has 0 fully saturated rings. The molecule has 0 radical (unpaired) electrons. The second-order valence-corrected chi connectivity index (χ2v) is 5.45. The van der Waals surface area contributed by atoms with Gasteiger partial charge in [0, 0.05) is 17.0 Å². The summed E-state index contributed by atoms with van der Waals surface area (Å²) in [4.78, 5) is 0. The summed E-state index contributed by atoms with van der Waals surface area (Å²) >= 11 is 6.43. The van der Waals surface area contributed by atoms with E-state index in [-0.39, 0.29) is 5.41 Å². The van der Waals surface area contributed by atoms with Crippen molar-refractivity contribution in [3.63, 3.8) is 0 Å². The van der Waals surface area contributed by atoms with Crippen molar-refractivity contribution < 1.29 is 0 Å². The summed E-state index contributed by atoms with van der Waals surface area (Å²) in [6.45, 7) is 8.71. The highest BCUT2D eigenvalue weighted by atomic mass is 35.5. The zero-order valence-electron chi connectivity index (χ0n) is 11.9. The summed E-state index contributed by atoms with van der Waals surface area (Å²) in [6, 6.07) is 8.34. The Morgan fingerprint density at radius 3 is 2.17 bits per heavy atom. The van der Waals surface area contributed by atoms with E-state index in [2.05, 4.69) is 38.2 Å². The smallest absolute Gasteiger partial charge is 0.0444 e. The summed E-state index contributed by atoms with van der Waals surface area (Å²) in [7, 11) is 0. The van der Waals surface area contributed by atoms with Gasteiger partial charge in [-0.2, -0.15) is 0 Å². The molecule has 18 heavy (non-hydrogen) atoms. The van der Waals surface area contributed by atoms with Crippen LogP contribution in [-0.4, -0.2) is 13.1 Å². The molecule has 1 nitrogen and oxygen atoms in total. The van der Waals surface area contributed by atoms with Crippen LogP contribution in [0.3, 0.4) is 0 Å². The van der Waals surface area contributed by atoms with E-state index in [1.165, 1.54) is 31.2 Å². The summed E-state index contributed by atoms with van der Waals surface area (Å²) in [6.07, 6.45) is 4.77. The second-order valence-electron chi connectivity index (χ2n) is 5.04. The minimum Gasteiger partial charge on any atom is -0.316 e. The molecule has 1 N–H and O–H groups in total. The molecule has 102 valence electrons. The van der Waals surface area contributed by atoms with Crippen LogP contribution in [0.1, 0.15) is 52.0 Å². The van der Waals surface area contributed by atoms with E-state index in [0.717, 1.165) is 18.1 Å². The highest BCUT2D eigenvalue weighted by molar-refractivity contribution is 6.31. The van der Waals surface area contributed by atoms with Crippen LogP contribution in [-0.2, 0) is 5.41 Å². The number of likely N-dealkylation sites (N-methyl/N-ethyl adjacent to an activating group) is 1. The maximum Gasteiger partial charge on any atom is 0.0444 e. The first kappa shape index (κ1) is 15.5. The van der Waals surface area contributed by atoms with Crippen molar-refractivity contribution in [3.8, 4) is 0 Å². The van der Waals surface area contributed by atoms with Crippen LogP contribution in [0, 0.1) is 0 Å². The molecular formula is C16H26ClN. The number of hydrogen-bond donors (Lipinski definition) is 1. The Balaban J connectivity index is 3.10. The fourth-order valence-electron chi connectivity index (χ4n) is 2.88. The second kappa shape index (κ2) is 7.81. The van der Waals surface area contributed by atoms with Gasteiger partial charge in [0.2, 0.25) is 0 Å². The first-order valence-electron chi connectivity index (χ1n) is 7.16. The molecule has 0 aliphatic rings. The molecule has 0 unspecified atom stereocenters. The highest BCUT2D eigenvalue weighted by Crippen LogP contribution is 2.37. The van der Waals surface area contributed by atoms with Crippen molar-refractivity contribution in [3.05, 3.63) is 34.9 Å². The van der Waals surface area contributed by atoms with Crippen LogP contribution in [0.5, 0.6) is 0 Å². The lowest BCUT2D eigenvalue weighted by Crippen LogP contribution is -2.38. The molecule has 0 aromatic heterocycles. The van der Waals surface area contributed by atoms with Crippen molar-refractivity contribution in [2.75, 3.05) is 13.1 Å². The predicted octanol–water partition coefficient (Wildman–Crippen LogP) is 4.79. The SMILES string of the molecule is CCCC(CCC)(CNCC)c1ccccc1Cl. The van der Waals surface area contributed by atoms with Crippen LogP contribution < -0.4 is 5.32 Å². The topological polar surface area (TPSA) is 12.0 Å². The Morgan fingerprint density at radius 2 is 1.67 bits per heavy atom. The van der Waals surface area contributed by atoms with Crippen molar-refractivity contribution in [1.29, 1.82) is 0 Å². The summed E-state index contributed by atoms with van der Waals surface area (Å²) in [5.74, 6) is 0. The van der Waals surface area contributed by atoms with E-state index in [9.17, 15) is 0 Å². The molecule has 0 saturated heterocycles. The first-order chi connectivity index (χ1) is 8.70. The maximum absolute atomic E-state index is 6.43. The molecule has 0 spiro atoms. The van der Waals surface area contributed by atoms with Gasteiger partial charge in [-0.1, -0.05) is 63.4 Å². The van der Waals surface area contributed by atoms with Crippen molar-refractivity contribution in [2.24, 2.45) is 0 Å². The Hall–Kier alpha value is -0.530. The van der Waals surface area contributed by atoms with Crippen LogP contribution in [0.4, 0.5) is 0 Å². The third-order valence-corrected chi connectivity index (χ3v) is 3.95. The van der Waals surface area contributed by atoms with Gasteiger partial charge in [0.05, 0.1) is 0 Å². The van der Waals surface area contributed by atoms with Crippen molar-refractivity contribution in [1.82, 2.24) is 5.32 Å². The molecule has 2 heteroatoms. The van der Waals surface area contributed by atoms with E-state index in [1.807, 2.05) is 12.1 Å². The average molecular weight is 268 g/mol. The van der Waals surface area contributed by atoms with Gasteiger partial charge >= 0.3 is 0 Å². The summed E-state index contributed by atoms with van der Waals surface area (Å²) in [5.41, 5.74) is 1.51. The zero-order valence-corrected chi connectivity index (χ0v) is 12.7. The van der Waals surface area contributed by atoms with Gasteiger partial charge < -0.3 is 5.32 Å². The minimum atomic E-state index is 0.192. The molecule has 0 aliphatic heterocycles. The lowest BCUT2D eigenvalue weighted by Gasteiger charge is -2.35. The Kier molecular flexibility index (Phi) is 6.73. The molecule has 0 saturated carbocycles. The minimum absolute atomic E-state index is 0.192. The van der Waals surface area contributed by atoms with Gasteiger partial charge in [-0.15, -0.1) is 0 Å². The van der Waals surface area contributed by atoms with Crippen molar-refractivity contribution >= 4 is 11.6 Å². The third-order valence-electron chi connectivity index (χ3n) is 3.62. The zero-order chi connectivity index (χ0) is 13.4. The maximum atomic E-state index is 6.43. The molecule has 0 heterocycles. The van der Waals surface area contributed by atoms with Crippen molar-refractivity contribution in [2.45, 2.75) is 51.9 Å². The number of nitrogens with one attached hydrogen (secondary N) is 1. The summed E-state index contributed by atoms with van der Waals surface area (Å²) < 4.78 is 0. The quantitative estimate of drug-likeness (QED) is 0.714. The lowest BCUT2D eigenvalue weighted by molar-refractivity contribution is 0.338. The Labute approximate surface area is 117 Å². The lowest BCUT2D eigenvalue weighted by atomic mass is 9.73. The van der Waals surface area contributed by atoms with E-state index in [0.29, 0.717) is 0 Å². The molecule has 1 aromatic rings. The van der Waals surface area contributed by atoms with Crippen LogP contribution in [0.15, 0.2) is 24.3 Å². The predicted molar refractivity (Wildman–Crippen MR) is 81.5 cm³/mol. The number of benzene rings is 1. The molecule has 0 aliphatic carbocycles. The van der Waals surface area contributed by atoms with Gasteiger partial charge in [-0.25, -0.2) is 0 Å². The first-order valence-corrected chi connectivity index (χ1v) is 7.53. The highest BCUT2D eigenvalue weighted by Gasteiger charge is 2.31. The van der Waals surface area contributed by atoms with E-state index < -0.39 is 0 Å². The van der Waals surface area contributed by atoms with E-state index in [1.54, 1.807) is 0 Å². The van der Waals surface area contributed by atoms with Gasteiger partial charge in [0.25, 0.3) is 0 Å². The fourth-order valence-corrected chi connectivity index (χ4v) is 3.22. The van der Waals surface area contributed by atoms with E-state index >= 15 is 0 Å². The van der Waals surface area contributed by atoms with Crippen LogP contribution >= 0.6 is 11.6 Å². The fraction of sp³-hybridized carbons (Fsp3) is 0.625. The normalized spacial score (nSPS) is 11.8. The van der Waals surface area contributed by atoms with Gasteiger partial charge in [0.1, 0.15) is 0 Å². The average Bonchev–Trinajstić information content (AvgIpc) is 2.37. The molecule has 0 bridgehead atoms. The number of halogens is 1. The van der Waals surface area contributed by atoms with E-state index in [4.69, 9.17) is 11.6 Å².